The molecule has 39 heavy (non-hydrogen) atoms. The fourth-order valence-corrected chi connectivity index (χ4v) is 4.73. The highest BCUT2D eigenvalue weighted by Crippen LogP contribution is 2.35. The summed E-state index contributed by atoms with van der Waals surface area (Å²) in [6.45, 7) is 5.47. The summed E-state index contributed by atoms with van der Waals surface area (Å²) in [5.41, 5.74) is 3.84. The molecule has 0 saturated carbocycles. The molecule has 3 aromatic carbocycles. The molecule has 0 bridgehead atoms. The van der Waals surface area contributed by atoms with Gasteiger partial charge >= 0.3 is 17.9 Å². The van der Waals surface area contributed by atoms with Gasteiger partial charge in [-0.05, 0) is 57.2 Å². The smallest absolute Gasteiger partial charge is 0.338 e. The molecule has 0 radical (unpaired) electrons. The van der Waals surface area contributed by atoms with Gasteiger partial charge in [0.15, 0.2) is 0 Å². The van der Waals surface area contributed by atoms with Crippen LogP contribution in [0.25, 0.3) is 11.0 Å². The molecule has 1 fully saturated rings. The van der Waals surface area contributed by atoms with Crippen molar-refractivity contribution >= 4 is 28.9 Å². The van der Waals surface area contributed by atoms with Crippen molar-refractivity contribution in [1.82, 2.24) is 9.55 Å². The zero-order valence-corrected chi connectivity index (χ0v) is 21.8. The van der Waals surface area contributed by atoms with Crippen molar-refractivity contribution in [3.63, 3.8) is 0 Å². The van der Waals surface area contributed by atoms with Gasteiger partial charge in [0, 0.05) is 6.42 Å². The molecule has 1 aliphatic rings. The van der Waals surface area contributed by atoms with Crippen LogP contribution in [0.1, 0.15) is 60.7 Å². The average molecular weight is 529 g/mol. The Morgan fingerprint density at radius 2 is 1.54 bits per heavy atom. The summed E-state index contributed by atoms with van der Waals surface area (Å²) < 4.78 is 19.5. The molecule has 200 valence electrons. The van der Waals surface area contributed by atoms with Crippen molar-refractivity contribution in [2.45, 2.75) is 45.6 Å². The van der Waals surface area contributed by atoms with E-state index in [2.05, 4.69) is 4.98 Å². The minimum Gasteiger partial charge on any atom is -0.478 e. The predicted octanol–water partition coefficient (Wildman–Crippen LogP) is 5.03. The van der Waals surface area contributed by atoms with Crippen molar-refractivity contribution in [2.24, 2.45) is 0 Å². The molecule has 0 spiro atoms. The number of hydrogen-bond donors (Lipinski definition) is 1. The van der Waals surface area contributed by atoms with Gasteiger partial charge in [0.25, 0.3) is 0 Å². The number of fused-ring (bicyclic) bond motifs is 1. The summed E-state index contributed by atoms with van der Waals surface area (Å²) >= 11 is 0. The van der Waals surface area contributed by atoms with Gasteiger partial charge in [0.05, 0.1) is 22.2 Å². The number of rotatable bonds is 7. The van der Waals surface area contributed by atoms with E-state index < -0.39 is 36.3 Å². The van der Waals surface area contributed by atoms with Crippen LogP contribution < -0.4 is 0 Å². The maximum atomic E-state index is 13.0. The van der Waals surface area contributed by atoms with Crippen molar-refractivity contribution < 1.29 is 33.7 Å². The van der Waals surface area contributed by atoms with E-state index in [9.17, 15) is 19.5 Å². The molecular weight excluding hydrogens is 500 g/mol. The first-order valence-corrected chi connectivity index (χ1v) is 12.6. The average Bonchev–Trinajstić information content (AvgIpc) is 3.46. The van der Waals surface area contributed by atoms with E-state index in [-0.39, 0.29) is 18.6 Å². The van der Waals surface area contributed by atoms with Crippen LogP contribution in [0.4, 0.5) is 0 Å². The van der Waals surface area contributed by atoms with Crippen LogP contribution in [-0.2, 0) is 14.2 Å². The molecule has 3 atom stereocenters. The highest BCUT2D eigenvalue weighted by atomic mass is 16.6. The summed E-state index contributed by atoms with van der Waals surface area (Å²) in [4.78, 5) is 41.9. The van der Waals surface area contributed by atoms with Crippen molar-refractivity contribution in [3.05, 3.63) is 100 Å². The lowest BCUT2D eigenvalue weighted by Crippen LogP contribution is -2.32. The maximum Gasteiger partial charge on any atom is 0.338 e. The van der Waals surface area contributed by atoms with E-state index in [1.54, 1.807) is 47.9 Å². The van der Waals surface area contributed by atoms with Gasteiger partial charge in [-0.2, -0.15) is 0 Å². The summed E-state index contributed by atoms with van der Waals surface area (Å²) in [5.74, 6) is -1.56. The number of carbonyl (C=O) groups excluding carboxylic acids is 2. The number of hydrogen-bond acceptors (Lipinski definition) is 7. The number of nitrogens with zero attached hydrogens (tertiary/aromatic N) is 2. The molecule has 4 aromatic rings. The van der Waals surface area contributed by atoms with E-state index >= 15 is 0 Å². The van der Waals surface area contributed by atoms with Crippen LogP contribution >= 0.6 is 0 Å². The first-order chi connectivity index (χ1) is 18.7. The monoisotopic (exact) mass is 528 g/mol. The number of ether oxygens (including phenoxy) is 3. The standard InChI is InChI=1S/C30H28N2O7/c1-17-7-11-20(12-8-17)29(35)37-16-25-24(39-30(36)21-13-9-18(2)10-14-21)15-26(38-25)32-19(3)31-27-22(28(33)34)5-4-6-23(27)32/h4-14,24-26H,15-16H2,1-3H3,(H,33,34)/t24-,25+,26+/m0/s1. The molecule has 1 aliphatic heterocycles. The molecule has 0 unspecified atom stereocenters. The molecule has 0 amide bonds. The number of benzene rings is 3. The topological polar surface area (TPSA) is 117 Å². The Kier molecular flexibility index (Phi) is 7.17. The van der Waals surface area contributed by atoms with Gasteiger partial charge < -0.3 is 23.9 Å². The predicted molar refractivity (Wildman–Crippen MR) is 142 cm³/mol. The van der Waals surface area contributed by atoms with Crippen LogP contribution in [0.3, 0.4) is 0 Å². The molecule has 1 aromatic heterocycles. The molecule has 1 N–H and O–H groups in total. The van der Waals surface area contributed by atoms with Crippen LogP contribution in [0.2, 0.25) is 0 Å². The zero-order valence-electron chi connectivity index (χ0n) is 21.8. The van der Waals surface area contributed by atoms with Crippen LogP contribution in [0.15, 0.2) is 66.7 Å². The second kappa shape index (κ2) is 10.7. The van der Waals surface area contributed by atoms with Crippen molar-refractivity contribution in [2.75, 3.05) is 6.61 Å². The Bertz CT molecular complexity index is 1540. The number of aryl methyl sites for hydroxylation is 3. The van der Waals surface area contributed by atoms with Gasteiger partial charge in [-0.1, -0.05) is 41.5 Å². The quantitative estimate of drug-likeness (QED) is 0.332. The largest absolute Gasteiger partial charge is 0.478 e. The SMILES string of the molecule is Cc1ccc(C(=O)OC[C@H]2O[C@@H](n3c(C)nc4c(C(=O)O)cccc43)C[C@@H]2OC(=O)c2ccc(C)cc2)cc1. The second-order valence-corrected chi connectivity index (χ2v) is 9.65. The third-order valence-corrected chi connectivity index (χ3v) is 6.81. The lowest BCUT2D eigenvalue weighted by Gasteiger charge is -2.19. The summed E-state index contributed by atoms with van der Waals surface area (Å²) in [5, 5.41) is 9.60. The number of esters is 2. The highest BCUT2D eigenvalue weighted by molar-refractivity contribution is 6.01. The Morgan fingerprint density at radius 1 is 0.923 bits per heavy atom. The Morgan fingerprint density at radius 3 is 2.15 bits per heavy atom. The number of carbonyl (C=O) groups is 3. The van der Waals surface area contributed by atoms with Crippen molar-refractivity contribution in [3.8, 4) is 0 Å². The van der Waals surface area contributed by atoms with E-state index in [1.165, 1.54) is 6.07 Å². The lowest BCUT2D eigenvalue weighted by atomic mass is 10.1. The third-order valence-electron chi connectivity index (χ3n) is 6.81. The van der Waals surface area contributed by atoms with Crippen LogP contribution in [-0.4, -0.2) is 51.4 Å². The van der Waals surface area contributed by atoms with Crippen LogP contribution in [0.5, 0.6) is 0 Å². The fraction of sp³-hybridized carbons (Fsp3) is 0.267. The van der Waals surface area contributed by atoms with E-state index in [0.717, 1.165) is 11.1 Å². The maximum absolute atomic E-state index is 13.0. The molecular formula is C30H28N2O7. The van der Waals surface area contributed by atoms with E-state index in [1.807, 2.05) is 38.1 Å². The first kappa shape index (κ1) is 26.1. The summed E-state index contributed by atoms with van der Waals surface area (Å²) in [6.07, 6.45) is -1.85. The third kappa shape index (κ3) is 5.39. The van der Waals surface area contributed by atoms with Gasteiger partial charge in [0.2, 0.25) is 0 Å². The van der Waals surface area contributed by atoms with Gasteiger partial charge in [0.1, 0.15) is 36.4 Å². The highest BCUT2D eigenvalue weighted by Gasteiger charge is 2.41. The Balaban J connectivity index is 1.41. The summed E-state index contributed by atoms with van der Waals surface area (Å²) in [6, 6.07) is 19.0. The lowest BCUT2D eigenvalue weighted by molar-refractivity contribution is -0.0566. The number of aromatic carboxylic acids is 1. The number of carboxylic acid groups (broad SMARTS) is 1. The van der Waals surface area contributed by atoms with Gasteiger partial charge in [-0.25, -0.2) is 19.4 Å². The molecule has 5 rings (SSSR count). The minimum absolute atomic E-state index is 0.0817. The molecule has 9 heteroatoms. The molecule has 0 aliphatic carbocycles. The van der Waals surface area contributed by atoms with E-state index in [4.69, 9.17) is 14.2 Å². The first-order valence-electron chi connectivity index (χ1n) is 12.6. The number of imidazole rings is 1. The zero-order chi connectivity index (χ0) is 27.7. The van der Waals surface area contributed by atoms with Crippen molar-refractivity contribution in [1.29, 1.82) is 0 Å². The Hall–Kier alpha value is -4.50. The number of para-hydroxylation sites is 1. The number of aromatic nitrogens is 2. The summed E-state index contributed by atoms with van der Waals surface area (Å²) in [7, 11) is 0. The Labute approximate surface area is 224 Å². The minimum atomic E-state index is -1.08. The number of carboxylic acids is 1. The van der Waals surface area contributed by atoms with Gasteiger partial charge in [-0.3, -0.25) is 0 Å². The normalized spacial score (nSPS) is 18.7. The fourth-order valence-electron chi connectivity index (χ4n) is 4.73. The molecule has 2 heterocycles. The van der Waals surface area contributed by atoms with Crippen LogP contribution in [0, 0.1) is 20.8 Å². The molecule has 1 saturated heterocycles. The second-order valence-electron chi connectivity index (χ2n) is 9.65. The van der Waals surface area contributed by atoms with Gasteiger partial charge in [-0.15, -0.1) is 0 Å². The molecule has 9 nitrogen and oxygen atoms in total. The van der Waals surface area contributed by atoms with E-state index in [0.29, 0.717) is 28.0 Å².